The van der Waals surface area contributed by atoms with Gasteiger partial charge in [-0.15, -0.1) is 24.0 Å². The summed E-state index contributed by atoms with van der Waals surface area (Å²) in [5.41, 5.74) is 9.93. The summed E-state index contributed by atoms with van der Waals surface area (Å²) in [6.07, 6.45) is 4.79. The molecule has 0 bridgehead atoms. The molecule has 0 radical (unpaired) electrons. The van der Waals surface area contributed by atoms with Crippen molar-refractivity contribution in [3.05, 3.63) is 29.3 Å². The molecule has 23 heavy (non-hydrogen) atoms. The Kier molecular flexibility index (Phi) is 8.91. The molecule has 0 saturated carbocycles. The molecule has 0 saturated heterocycles. The lowest BCUT2D eigenvalue weighted by Gasteiger charge is -2.19. The fourth-order valence-corrected chi connectivity index (χ4v) is 2.97. The lowest BCUT2D eigenvalue weighted by molar-refractivity contribution is 0.0266. The van der Waals surface area contributed by atoms with Gasteiger partial charge in [0.25, 0.3) is 0 Å². The van der Waals surface area contributed by atoms with Crippen molar-refractivity contribution in [3.63, 3.8) is 0 Å². The van der Waals surface area contributed by atoms with Gasteiger partial charge in [0.05, 0.1) is 6.10 Å². The first kappa shape index (κ1) is 20.2. The molecule has 4 nitrogen and oxygen atoms in total. The van der Waals surface area contributed by atoms with Gasteiger partial charge in [0.1, 0.15) is 0 Å². The van der Waals surface area contributed by atoms with Gasteiger partial charge in [-0.1, -0.05) is 19.9 Å². The average molecular weight is 431 g/mol. The van der Waals surface area contributed by atoms with Gasteiger partial charge in [-0.3, -0.25) is 4.99 Å². The molecule has 2 rings (SSSR count). The third-order valence-corrected chi connectivity index (χ3v) is 4.19. The number of aliphatic imine (C=N–C) groups is 1. The first-order valence-corrected chi connectivity index (χ1v) is 8.40. The number of guanidine groups is 1. The highest BCUT2D eigenvalue weighted by atomic mass is 127. The van der Waals surface area contributed by atoms with Gasteiger partial charge in [-0.2, -0.15) is 0 Å². The predicted molar refractivity (Wildman–Crippen MR) is 109 cm³/mol. The number of hydrogen-bond acceptors (Lipinski definition) is 2. The van der Waals surface area contributed by atoms with E-state index in [0.29, 0.717) is 18.4 Å². The Morgan fingerprint density at radius 1 is 1.30 bits per heavy atom. The Hall–Kier alpha value is -0.820. The van der Waals surface area contributed by atoms with E-state index in [0.717, 1.165) is 18.7 Å². The minimum Gasteiger partial charge on any atom is -0.378 e. The number of aryl methyl sites for hydroxylation is 2. The van der Waals surface area contributed by atoms with Crippen LogP contribution in [0.15, 0.2) is 23.2 Å². The van der Waals surface area contributed by atoms with Crippen LogP contribution >= 0.6 is 24.0 Å². The van der Waals surface area contributed by atoms with Crippen LogP contribution in [-0.2, 0) is 17.6 Å². The molecule has 3 N–H and O–H groups in total. The van der Waals surface area contributed by atoms with Gasteiger partial charge in [0.15, 0.2) is 5.96 Å². The Bertz CT molecular complexity index is 517. The number of ether oxygens (including phenoxy) is 1. The van der Waals surface area contributed by atoms with Crippen LogP contribution in [0.25, 0.3) is 0 Å². The first-order chi connectivity index (χ1) is 10.6. The van der Waals surface area contributed by atoms with Crippen LogP contribution in [0.2, 0.25) is 0 Å². The van der Waals surface area contributed by atoms with Crippen molar-refractivity contribution in [2.75, 3.05) is 18.5 Å². The molecule has 1 aromatic rings. The second-order valence-corrected chi connectivity index (χ2v) is 6.26. The summed E-state index contributed by atoms with van der Waals surface area (Å²) in [4.78, 5) is 4.42. The number of nitrogens with zero attached hydrogens (tertiary/aromatic N) is 1. The fraction of sp³-hybridized carbons (Fsp3) is 0.611. The summed E-state index contributed by atoms with van der Waals surface area (Å²) < 4.78 is 5.72. The Morgan fingerprint density at radius 3 is 2.74 bits per heavy atom. The SMILES string of the molecule is CCOC(CCN=C(N)Nc1ccc2c(c1)CCC2)C(C)C.I. The minimum absolute atomic E-state index is 0. The summed E-state index contributed by atoms with van der Waals surface area (Å²) >= 11 is 0. The highest BCUT2D eigenvalue weighted by Gasteiger charge is 2.13. The molecule has 0 spiro atoms. The number of anilines is 1. The molecule has 0 fully saturated rings. The normalized spacial score (nSPS) is 15.2. The zero-order valence-electron chi connectivity index (χ0n) is 14.5. The maximum atomic E-state index is 5.99. The zero-order valence-corrected chi connectivity index (χ0v) is 16.8. The molecule has 130 valence electrons. The lowest BCUT2D eigenvalue weighted by atomic mass is 10.0. The van der Waals surface area contributed by atoms with Crippen molar-refractivity contribution in [2.24, 2.45) is 16.6 Å². The quantitative estimate of drug-likeness (QED) is 0.390. The highest BCUT2D eigenvalue weighted by molar-refractivity contribution is 14.0. The number of hydrogen-bond donors (Lipinski definition) is 2. The van der Waals surface area contributed by atoms with Crippen molar-refractivity contribution in [1.82, 2.24) is 0 Å². The van der Waals surface area contributed by atoms with Crippen LogP contribution in [0.1, 0.15) is 44.7 Å². The predicted octanol–water partition coefficient (Wildman–Crippen LogP) is 3.97. The van der Waals surface area contributed by atoms with Gasteiger partial charge in [0, 0.05) is 18.8 Å². The van der Waals surface area contributed by atoms with E-state index in [1.54, 1.807) is 0 Å². The van der Waals surface area contributed by atoms with E-state index in [2.05, 4.69) is 42.4 Å². The van der Waals surface area contributed by atoms with Gasteiger partial charge in [0.2, 0.25) is 0 Å². The van der Waals surface area contributed by atoms with Gasteiger partial charge in [-0.05, 0) is 61.8 Å². The van der Waals surface area contributed by atoms with Gasteiger partial charge in [-0.25, -0.2) is 0 Å². The van der Waals surface area contributed by atoms with E-state index in [1.165, 1.54) is 30.4 Å². The molecule has 1 unspecified atom stereocenters. The molecule has 5 heteroatoms. The molecule has 1 aromatic carbocycles. The van der Waals surface area contributed by atoms with Crippen LogP contribution in [0.5, 0.6) is 0 Å². The summed E-state index contributed by atoms with van der Waals surface area (Å²) in [6.45, 7) is 7.82. The largest absolute Gasteiger partial charge is 0.378 e. The number of rotatable bonds is 7. The Morgan fingerprint density at radius 2 is 2.04 bits per heavy atom. The summed E-state index contributed by atoms with van der Waals surface area (Å²) in [7, 11) is 0. The van der Waals surface area contributed by atoms with Crippen LogP contribution < -0.4 is 11.1 Å². The first-order valence-electron chi connectivity index (χ1n) is 8.40. The van der Waals surface area contributed by atoms with Crippen molar-refractivity contribution in [1.29, 1.82) is 0 Å². The maximum absolute atomic E-state index is 5.99. The topological polar surface area (TPSA) is 59.6 Å². The number of halogens is 1. The van der Waals surface area contributed by atoms with E-state index in [-0.39, 0.29) is 30.1 Å². The third kappa shape index (κ3) is 6.30. The molecule has 0 heterocycles. The number of nitrogens with two attached hydrogens (primary N) is 1. The van der Waals surface area contributed by atoms with Crippen molar-refractivity contribution in [2.45, 2.75) is 52.6 Å². The summed E-state index contributed by atoms with van der Waals surface area (Å²) in [5.74, 6) is 0.984. The minimum atomic E-state index is 0. The second kappa shape index (κ2) is 10.1. The average Bonchev–Trinajstić information content (AvgIpc) is 2.93. The van der Waals surface area contributed by atoms with Gasteiger partial charge < -0.3 is 15.8 Å². The van der Waals surface area contributed by atoms with Crippen LogP contribution in [-0.4, -0.2) is 25.2 Å². The third-order valence-electron chi connectivity index (χ3n) is 4.19. The molecule has 1 aliphatic rings. The van der Waals surface area contributed by atoms with Crippen molar-refractivity contribution in [3.8, 4) is 0 Å². The zero-order chi connectivity index (χ0) is 15.9. The molecular formula is C18H30IN3O. The van der Waals surface area contributed by atoms with E-state index in [1.807, 2.05) is 6.92 Å². The van der Waals surface area contributed by atoms with E-state index >= 15 is 0 Å². The second-order valence-electron chi connectivity index (χ2n) is 6.26. The van der Waals surface area contributed by atoms with E-state index in [4.69, 9.17) is 10.5 Å². The summed E-state index contributed by atoms with van der Waals surface area (Å²) in [5, 5.41) is 3.19. The molecule has 0 amide bonds. The Labute approximate surface area is 157 Å². The van der Waals surface area contributed by atoms with E-state index < -0.39 is 0 Å². The Balaban J connectivity index is 0.00000264. The number of benzene rings is 1. The maximum Gasteiger partial charge on any atom is 0.193 e. The number of nitrogens with one attached hydrogen (secondary N) is 1. The van der Waals surface area contributed by atoms with Crippen molar-refractivity contribution >= 4 is 35.6 Å². The standard InChI is InChI=1S/C18H29N3O.HI/c1-4-22-17(13(2)3)10-11-20-18(19)21-16-9-8-14-6-5-7-15(14)12-16;/h8-9,12-13,17H,4-7,10-11H2,1-3H3,(H3,19,20,21);1H. The monoisotopic (exact) mass is 431 g/mol. The highest BCUT2D eigenvalue weighted by Crippen LogP contribution is 2.24. The van der Waals surface area contributed by atoms with Crippen LogP contribution in [0.3, 0.4) is 0 Å². The smallest absolute Gasteiger partial charge is 0.193 e. The molecule has 1 aliphatic carbocycles. The van der Waals surface area contributed by atoms with Crippen molar-refractivity contribution < 1.29 is 4.74 Å². The molecule has 1 atom stereocenters. The van der Waals surface area contributed by atoms with Crippen LogP contribution in [0, 0.1) is 5.92 Å². The molecule has 0 aromatic heterocycles. The molecular weight excluding hydrogens is 401 g/mol. The van der Waals surface area contributed by atoms with E-state index in [9.17, 15) is 0 Å². The fourth-order valence-electron chi connectivity index (χ4n) is 2.97. The van der Waals surface area contributed by atoms with Crippen LogP contribution in [0.4, 0.5) is 5.69 Å². The van der Waals surface area contributed by atoms with Gasteiger partial charge >= 0.3 is 0 Å². The summed E-state index contributed by atoms with van der Waals surface area (Å²) in [6, 6.07) is 6.48. The molecule has 0 aliphatic heterocycles. The lowest BCUT2D eigenvalue weighted by Crippen LogP contribution is -2.25. The number of fused-ring (bicyclic) bond motifs is 1.